The summed E-state index contributed by atoms with van der Waals surface area (Å²) in [4.78, 5) is 67.8. The third-order valence-electron chi connectivity index (χ3n) is 10.2. The van der Waals surface area contributed by atoms with Crippen LogP contribution in [0.3, 0.4) is 0 Å². The second-order valence-corrected chi connectivity index (χ2v) is 16.8. The fourth-order valence-electron chi connectivity index (χ4n) is 6.39. The van der Waals surface area contributed by atoms with Gasteiger partial charge < -0.3 is 39.0 Å². The lowest BCUT2D eigenvalue weighted by Gasteiger charge is -2.11. The van der Waals surface area contributed by atoms with Crippen molar-refractivity contribution in [3.63, 3.8) is 0 Å². The molecular weight excluding hydrogens is 863 g/mol. The maximum absolute atomic E-state index is 12.3. The van der Waals surface area contributed by atoms with Gasteiger partial charge in [0.2, 0.25) is 11.8 Å². The van der Waals surface area contributed by atoms with E-state index < -0.39 is 24.1 Å². The predicted octanol–water partition coefficient (Wildman–Crippen LogP) is 5.96. The molecule has 16 nitrogen and oxygen atoms in total. The van der Waals surface area contributed by atoms with Gasteiger partial charge in [0.05, 0.1) is 45.7 Å². The number of H-pyrrole nitrogens is 1. The van der Waals surface area contributed by atoms with Crippen LogP contribution < -0.4 is 5.56 Å². The second kappa shape index (κ2) is 21.9. The minimum absolute atomic E-state index is 0.0144. The van der Waals surface area contributed by atoms with Crippen LogP contribution in [0.25, 0.3) is 43.9 Å². The van der Waals surface area contributed by atoms with E-state index in [1.165, 1.54) is 22.7 Å². The molecular formula is C49H53N7O9S. The molecule has 8 rings (SSSR count). The highest BCUT2D eigenvalue weighted by Gasteiger charge is 2.29. The number of aliphatic hydroxyl groups is 2. The number of pyridine rings is 2. The van der Waals surface area contributed by atoms with Crippen LogP contribution in [0.4, 0.5) is 0 Å². The fraction of sp³-hybridized carbons (Fsp3) is 0.245. The third kappa shape index (κ3) is 12.4. The van der Waals surface area contributed by atoms with E-state index in [1.54, 1.807) is 38.0 Å². The first-order valence-corrected chi connectivity index (χ1v) is 21.4. The molecule has 2 amide bonds. The molecule has 8 aromatic rings. The number of rotatable bonds is 9. The lowest BCUT2D eigenvalue weighted by atomic mass is 10.1. The van der Waals surface area contributed by atoms with Crippen molar-refractivity contribution in [1.29, 1.82) is 0 Å². The summed E-state index contributed by atoms with van der Waals surface area (Å²) in [7, 11) is 7.12. The topological polar surface area (TPSA) is 223 Å². The van der Waals surface area contributed by atoms with Gasteiger partial charge in [-0.15, -0.1) is 0 Å². The van der Waals surface area contributed by atoms with Gasteiger partial charge in [0.1, 0.15) is 11.3 Å². The summed E-state index contributed by atoms with van der Waals surface area (Å²) in [6, 6.07) is 32.2. The highest BCUT2D eigenvalue weighted by atomic mass is 32.1. The number of carbonyl (C=O) groups excluding carboxylic acids is 2. The molecule has 0 fully saturated rings. The Morgan fingerprint density at radius 3 is 1.33 bits per heavy atom. The molecule has 17 heteroatoms. The molecule has 0 saturated heterocycles. The van der Waals surface area contributed by atoms with Crippen molar-refractivity contribution < 1.29 is 39.6 Å². The number of fused-ring (bicyclic) bond motifs is 3. The molecule has 0 aliphatic heterocycles. The van der Waals surface area contributed by atoms with Gasteiger partial charge in [0.15, 0.2) is 12.2 Å². The molecule has 0 radical (unpaired) electrons. The standard InChI is InChI=1S/2C19H21N3O.C7H5NOS.C4H6O6/c2*1-13-5-8-15(9-6-13)19-16(11-18(23)21(3)4)22-12-14(2)7-10-17(22)20-19;9-7-5-3-1-2-4-6(5)10-8-7;5-1(3(7)8)2(6)4(9)10/h2*5-10,12H,11H2,1-4H3;1-4H,(H,8,9);1-2,5-6H,(H,7,8)(H,9,10). The maximum Gasteiger partial charge on any atom is 0.335 e. The summed E-state index contributed by atoms with van der Waals surface area (Å²) in [6.45, 7) is 8.21. The van der Waals surface area contributed by atoms with Crippen molar-refractivity contribution in [2.24, 2.45) is 0 Å². The van der Waals surface area contributed by atoms with Crippen LogP contribution in [-0.4, -0.2) is 118 Å². The molecule has 2 unspecified atom stereocenters. The van der Waals surface area contributed by atoms with Crippen molar-refractivity contribution in [3.05, 3.63) is 153 Å². The molecule has 5 heterocycles. The number of carboxylic acids is 2. The van der Waals surface area contributed by atoms with Crippen molar-refractivity contribution in [2.75, 3.05) is 28.2 Å². The first-order valence-electron chi connectivity index (χ1n) is 20.6. The number of nitrogens with one attached hydrogen (secondary N) is 1. The molecule has 66 heavy (non-hydrogen) atoms. The van der Waals surface area contributed by atoms with E-state index in [1.807, 2.05) is 83.6 Å². The molecule has 0 aliphatic carbocycles. The van der Waals surface area contributed by atoms with E-state index in [0.29, 0.717) is 12.8 Å². The second-order valence-electron chi connectivity index (χ2n) is 15.9. The minimum Gasteiger partial charge on any atom is -0.479 e. The Labute approximate surface area is 384 Å². The quantitative estimate of drug-likeness (QED) is 0.114. The molecule has 3 aromatic carbocycles. The van der Waals surface area contributed by atoms with Crippen LogP contribution in [0.1, 0.15) is 33.6 Å². The van der Waals surface area contributed by atoms with E-state index in [4.69, 9.17) is 30.4 Å². The Bertz CT molecular complexity index is 2870. The Hall–Kier alpha value is -7.47. The number of aromatic nitrogens is 5. The van der Waals surface area contributed by atoms with Gasteiger partial charge in [-0.2, -0.15) is 0 Å². The lowest BCUT2D eigenvalue weighted by molar-refractivity contribution is -0.165. The normalized spacial score (nSPS) is 11.6. The molecule has 0 spiro atoms. The summed E-state index contributed by atoms with van der Waals surface area (Å²) >= 11 is 1.38. The molecule has 0 saturated carbocycles. The number of hydrogen-bond acceptors (Lipinski definition) is 10. The number of aryl methyl sites for hydroxylation is 4. The smallest absolute Gasteiger partial charge is 0.335 e. The molecule has 2 atom stereocenters. The van der Waals surface area contributed by atoms with Crippen molar-refractivity contribution >= 4 is 56.7 Å². The zero-order chi connectivity index (χ0) is 48.4. The monoisotopic (exact) mass is 915 g/mol. The fourth-order valence-corrected chi connectivity index (χ4v) is 7.12. The Morgan fingerprint density at radius 2 is 0.970 bits per heavy atom. The van der Waals surface area contributed by atoms with E-state index in [0.717, 1.165) is 66.4 Å². The van der Waals surface area contributed by atoms with Crippen LogP contribution in [-0.2, 0) is 32.0 Å². The average Bonchev–Trinajstić information content (AvgIpc) is 3.96. The number of likely N-dealkylation sites (N-methyl/N-ethyl adjacent to an activating group) is 2. The largest absolute Gasteiger partial charge is 0.479 e. The van der Waals surface area contributed by atoms with Gasteiger partial charge in [-0.1, -0.05) is 95.5 Å². The first-order chi connectivity index (χ1) is 31.2. The number of benzene rings is 3. The number of aliphatic hydroxyl groups excluding tert-OH is 2. The number of carbonyl (C=O) groups is 4. The van der Waals surface area contributed by atoms with Crippen LogP contribution in [0.5, 0.6) is 0 Å². The molecule has 344 valence electrons. The summed E-state index contributed by atoms with van der Waals surface area (Å²) < 4.78 is 7.75. The maximum atomic E-state index is 12.3. The summed E-state index contributed by atoms with van der Waals surface area (Å²) in [5, 5.41) is 33.3. The van der Waals surface area contributed by atoms with E-state index >= 15 is 0 Å². The zero-order valence-corrected chi connectivity index (χ0v) is 38.7. The number of carboxylic acid groups (broad SMARTS) is 2. The molecule has 5 aromatic heterocycles. The van der Waals surface area contributed by atoms with Crippen LogP contribution in [0.2, 0.25) is 0 Å². The zero-order valence-electron chi connectivity index (χ0n) is 37.9. The van der Waals surface area contributed by atoms with Gasteiger partial charge in [0, 0.05) is 51.7 Å². The average molecular weight is 916 g/mol. The van der Waals surface area contributed by atoms with E-state index in [2.05, 4.69) is 66.8 Å². The number of imidazole rings is 2. The van der Waals surface area contributed by atoms with Gasteiger partial charge in [-0.3, -0.25) is 18.8 Å². The summed E-state index contributed by atoms with van der Waals surface area (Å²) in [5.41, 5.74) is 12.2. The van der Waals surface area contributed by atoms with Gasteiger partial charge >= 0.3 is 11.9 Å². The van der Waals surface area contributed by atoms with Gasteiger partial charge in [-0.25, -0.2) is 19.6 Å². The summed E-state index contributed by atoms with van der Waals surface area (Å²) in [6.07, 6.45) is 0.216. The van der Waals surface area contributed by atoms with Crippen molar-refractivity contribution in [3.8, 4) is 22.5 Å². The molecule has 0 aliphatic rings. The van der Waals surface area contributed by atoms with E-state index in [9.17, 15) is 24.0 Å². The lowest BCUT2D eigenvalue weighted by Crippen LogP contribution is -2.39. The molecule has 5 N–H and O–H groups in total. The number of nitrogens with zero attached hydrogens (tertiary/aromatic N) is 6. The highest BCUT2D eigenvalue weighted by molar-refractivity contribution is 7.13. The van der Waals surface area contributed by atoms with Crippen molar-refractivity contribution in [2.45, 2.75) is 52.7 Å². The third-order valence-corrected chi connectivity index (χ3v) is 11.1. The minimum atomic E-state index is -2.27. The van der Waals surface area contributed by atoms with Crippen LogP contribution in [0, 0.1) is 27.7 Å². The van der Waals surface area contributed by atoms with E-state index in [-0.39, 0.29) is 17.4 Å². The van der Waals surface area contributed by atoms with Crippen LogP contribution >= 0.6 is 11.5 Å². The van der Waals surface area contributed by atoms with Gasteiger partial charge in [0.25, 0.3) is 5.56 Å². The Kier molecular flexibility index (Phi) is 16.5. The Balaban J connectivity index is 0.000000177. The highest BCUT2D eigenvalue weighted by Crippen LogP contribution is 2.28. The number of aliphatic carboxylic acids is 2. The number of aromatic amines is 1. The van der Waals surface area contributed by atoms with Crippen LogP contribution in [0.15, 0.2) is 114 Å². The summed E-state index contributed by atoms with van der Waals surface area (Å²) in [5.74, 6) is -3.40. The molecule has 0 bridgehead atoms. The first kappa shape index (κ1) is 49.5. The number of amides is 2. The SMILES string of the molecule is Cc1ccc(-c2nc3ccc(C)cn3c2CC(=O)N(C)C)cc1.Cc1ccc(-c2nc3ccc(C)cn3c2CC(=O)N(C)C)cc1.O=C(O)C(O)C(O)C(=O)O.O=c1[nH]sc2ccccc12. The number of hydrogen-bond donors (Lipinski definition) is 5. The Morgan fingerprint density at radius 1 is 0.591 bits per heavy atom. The van der Waals surface area contributed by atoms with Crippen molar-refractivity contribution in [1.82, 2.24) is 32.9 Å². The van der Waals surface area contributed by atoms with Gasteiger partial charge in [-0.05, 0) is 63.1 Å². The predicted molar refractivity (Wildman–Crippen MR) is 255 cm³/mol.